The number of rotatable bonds is 2. The van der Waals surface area contributed by atoms with Crippen molar-refractivity contribution in [3.63, 3.8) is 0 Å². The number of alkyl halides is 3. The number of urea groups is 1. The highest BCUT2D eigenvalue weighted by Crippen LogP contribution is 2.41. The predicted molar refractivity (Wildman–Crippen MR) is 92.0 cm³/mol. The molecule has 0 saturated heterocycles. The lowest BCUT2D eigenvalue weighted by atomic mass is 10.1. The Morgan fingerprint density at radius 3 is 2.54 bits per heavy atom. The summed E-state index contributed by atoms with van der Waals surface area (Å²) in [4.78, 5) is 20.5. The summed E-state index contributed by atoms with van der Waals surface area (Å²) >= 11 is 12.3. The summed E-state index contributed by atoms with van der Waals surface area (Å²) < 4.78 is 40.3. The number of carbonyl (C=O) groups is 1. The molecular formula is C16H13Cl2F3N4O. The largest absolute Gasteiger partial charge is 0.433 e. The van der Waals surface area contributed by atoms with E-state index in [0.717, 1.165) is 0 Å². The quantitative estimate of drug-likeness (QED) is 0.779. The van der Waals surface area contributed by atoms with Gasteiger partial charge in [-0.3, -0.25) is 0 Å². The van der Waals surface area contributed by atoms with Gasteiger partial charge in [0.15, 0.2) is 5.69 Å². The van der Waals surface area contributed by atoms with Gasteiger partial charge in [0.1, 0.15) is 0 Å². The van der Waals surface area contributed by atoms with Gasteiger partial charge in [-0.15, -0.1) is 0 Å². The van der Waals surface area contributed by atoms with E-state index in [1.807, 2.05) is 0 Å². The van der Waals surface area contributed by atoms with E-state index >= 15 is 0 Å². The summed E-state index contributed by atoms with van der Waals surface area (Å²) in [6.07, 6.45) is -3.57. The van der Waals surface area contributed by atoms with Crippen LogP contribution < -0.4 is 10.6 Å². The third kappa shape index (κ3) is 3.19. The molecule has 1 heterocycles. The first kappa shape index (κ1) is 18.7. The number of halogens is 5. The van der Waals surface area contributed by atoms with Crippen molar-refractivity contribution in [2.45, 2.75) is 32.4 Å². The van der Waals surface area contributed by atoms with Gasteiger partial charge in [-0.25, -0.2) is 19.7 Å². The number of aromatic nitrogens is 2. The van der Waals surface area contributed by atoms with Gasteiger partial charge in [0, 0.05) is 11.3 Å². The fourth-order valence-electron chi connectivity index (χ4n) is 2.91. The molecule has 0 atom stereocenters. The van der Waals surface area contributed by atoms with E-state index in [1.54, 1.807) is 13.0 Å². The van der Waals surface area contributed by atoms with Gasteiger partial charge in [0.25, 0.3) is 0 Å². The van der Waals surface area contributed by atoms with Crippen molar-refractivity contribution in [1.82, 2.24) is 9.97 Å². The van der Waals surface area contributed by atoms with Gasteiger partial charge in [-0.2, -0.15) is 13.2 Å². The third-order valence-corrected chi connectivity index (χ3v) is 4.88. The number of aryl methyl sites for hydroxylation is 2. The number of amides is 2. The highest BCUT2D eigenvalue weighted by molar-refractivity contribution is 6.40. The first-order valence-corrected chi connectivity index (χ1v) is 8.38. The van der Waals surface area contributed by atoms with Crippen molar-refractivity contribution >= 4 is 40.9 Å². The van der Waals surface area contributed by atoms with Crippen molar-refractivity contribution in [1.29, 1.82) is 0 Å². The summed E-state index contributed by atoms with van der Waals surface area (Å²) in [5.41, 5.74) is 5.14. The van der Waals surface area contributed by atoms with Crippen LogP contribution in [0.25, 0.3) is 0 Å². The Labute approximate surface area is 156 Å². The molecule has 0 bridgehead atoms. The minimum atomic E-state index is -4.68. The molecular weight excluding hydrogens is 392 g/mol. The SMILES string of the molecule is Cc1ccc(Cl)c(N(C(N)=O)c2nc3c(c(C(F)(F)F)n2)CCC3)c1Cl. The number of hydrogen-bond donors (Lipinski definition) is 1. The highest BCUT2D eigenvalue weighted by Gasteiger charge is 2.39. The zero-order valence-corrected chi connectivity index (χ0v) is 15.0. The summed E-state index contributed by atoms with van der Waals surface area (Å²) in [6.45, 7) is 1.66. The number of primary amides is 1. The normalized spacial score (nSPS) is 13.6. The highest BCUT2D eigenvalue weighted by atomic mass is 35.5. The lowest BCUT2D eigenvalue weighted by Gasteiger charge is -2.23. The molecule has 0 aliphatic heterocycles. The summed E-state index contributed by atoms with van der Waals surface area (Å²) in [5, 5.41) is 0.117. The van der Waals surface area contributed by atoms with Crippen LogP contribution in [0.3, 0.4) is 0 Å². The van der Waals surface area contributed by atoms with E-state index in [0.29, 0.717) is 23.3 Å². The smallest absolute Gasteiger partial charge is 0.351 e. The molecule has 0 fully saturated rings. The van der Waals surface area contributed by atoms with Gasteiger partial charge < -0.3 is 5.73 Å². The second kappa shape index (κ2) is 6.59. The summed E-state index contributed by atoms with van der Waals surface area (Å²) in [5.74, 6) is -0.500. The molecule has 2 N–H and O–H groups in total. The van der Waals surface area contributed by atoms with Crippen LogP contribution >= 0.6 is 23.2 Å². The summed E-state index contributed by atoms with van der Waals surface area (Å²) in [6, 6.07) is 1.98. The molecule has 1 aliphatic carbocycles. The van der Waals surface area contributed by atoms with E-state index in [2.05, 4.69) is 9.97 Å². The van der Waals surface area contributed by atoms with E-state index < -0.39 is 23.8 Å². The third-order valence-electron chi connectivity index (χ3n) is 4.09. The average Bonchev–Trinajstić information content (AvgIpc) is 3.01. The molecule has 1 aromatic carbocycles. The molecule has 1 aromatic heterocycles. The average molecular weight is 405 g/mol. The van der Waals surface area contributed by atoms with E-state index in [1.165, 1.54) is 6.07 Å². The maximum Gasteiger partial charge on any atom is 0.433 e. The van der Waals surface area contributed by atoms with Crippen LogP contribution in [0.1, 0.15) is 28.9 Å². The lowest BCUT2D eigenvalue weighted by Crippen LogP contribution is -2.34. The maximum atomic E-state index is 13.4. The Balaban J connectivity index is 2.26. The van der Waals surface area contributed by atoms with Crippen molar-refractivity contribution in [3.8, 4) is 0 Å². The molecule has 0 unspecified atom stereocenters. The molecule has 3 rings (SSSR count). The summed E-state index contributed by atoms with van der Waals surface area (Å²) in [7, 11) is 0. The second-order valence-corrected chi connectivity index (χ2v) is 6.63. The molecule has 138 valence electrons. The van der Waals surface area contributed by atoms with Gasteiger partial charge in [-0.05, 0) is 37.8 Å². The van der Waals surface area contributed by atoms with Crippen LogP contribution in [0.15, 0.2) is 12.1 Å². The van der Waals surface area contributed by atoms with Crippen molar-refractivity contribution in [2.75, 3.05) is 4.90 Å². The Morgan fingerprint density at radius 1 is 1.23 bits per heavy atom. The Kier molecular flexibility index (Phi) is 4.74. The monoisotopic (exact) mass is 404 g/mol. The number of fused-ring (bicyclic) bond motifs is 1. The zero-order chi connectivity index (χ0) is 19.2. The van der Waals surface area contributed by atoms with Gasteiger partial charge >= 0.3 is 12.2 Å². The zero-order valence-electron chi connectivity index (χ0n) is 13.5. The molecule has 2 amide bonds. The Morgan fingerprint density at radius 2 is 1.92 bits per heavy atom. The molecule has 26 heavy (non-hydrogen) atoms. The lowest BCUT2D eigenvalue weighted by molar-refractivity contribution is -0.141. The minimum Gasteiger partial charge on any atom is -0.351 e. The van der Waals surface area contributed by atoms with Crippen molar-refractivity contribution in [2.24, 2.45) is 5.73 Å². The van der Waals surface area contributed by atoms with Crippen molar-refractivity contribution < 1.29 is 18.0 Å². The first-order valence-electron chi connectivity index (χ1n) is 7.62. The fraction of sp³-hybridized carbons (Fsp3) is 0.312. The molecule has 1 aliphatic rings. The number of nitrogens with two attached hydrogens (primary N) is 1. The molecule has 0 spiro atoms. The van der Waals surface area contributed by atoms with Gasteiger partial charge in [-0.1, -0.05) is 29.3 Å². The molecule has 10 heteroatoms. The Hall–Kier alpha value is -2.06. The first-order chi connectivity index (χ1) is 12.1. The molecule has 0 radical (unpaired) electrons. The number of anilines is 2. The van der Waals surface area contributed by atoms with Gasteiger partial charge in [0.05, 0.1) is 15.7 Å². The van der Waals surface area contributed by atoms with Crippen LogP contribution in [-0.2, 0) is 19.0 Å². The number of nitrogens with zero attached hydrogens (tertiary/aromatic N) is 3. The second-order valence-electron chi connectivity index (χ2n) is 5.85. The van der Waals surface area contributed by atoms with E-state index in [4.69, 9.17) is 28.9 Å². The van der Waals surface area contributed by atoms with Crippen LogP contribution in [0.2, 0.25) is 10.0 Å². The number of hydrogen-bond acceptors (Lipinski definition) is 3. The van der Waals surface area contributed by atoms with Crippen LogP contribution in [0.4, 0.5) is 29.6 Å². The Bertz CT molecular complexity index is 902. The predicted octanol–water partition coefficient (Wildman–Crippen LogP) is 4.82. The fourth-order valence-corrected chi connectivity index (χ4v) is 3.45. The number of carbonyl (C=O) groups excluding carboxylic acids is 1. The van der Waals surface area contributed by atoms with Gasteiger partial charge in [0.2, 0.25) is 5.95 Å². The molecule has 2 aromatic rings. The van der Waals surface area contributed by atoms with E-state index in [-0.39, 0.29) is 33.4 Å². The van der Waals surface area contributed by atoms with Crippen LogP contribution in [0.5, 0.6) is 0 Å². The van der Waals surface area contributed by atoms with Crippen molar-refractivity contribution in [3.05, 3.63) is 44.7 Å². The molecule has 5 nitrogen and oxygen atoms in total. The minimum absolute atomic E-state index is 0.0389. The van der Waals surface area contributed by atoms with E-state index in [9.17, 15) is 18.0 Å². The number of benzene rings is 1. The topological polar surface area (TPSA) is 72.1 Å². The molecule has 0 saturated carbocycles. The van der Waals surface area contributed by atoms with Crippen LogP contribution in [-0.4, -0.2) is 16.0 Å². The van der Waals surface area contributed by atoms with Crippen LogP contribution in [0, 0.1) is 6.92 Å². The maximum absolute atomic E-state index is 13.4. The standard InChI is InChI=1S/C16H13Cl2F3N4O/c1-7-5-6-9(17)12(11(7)18)25(14(22)26)15-23-10-4-2-3-8(10)13(24-15)16(19,20)21/h5-6H,2-4H2,1H3,(H2,22,26).